The van der Waals surface area contributed by atoms with Crippen LogP contribution in [0.15, 0.2) is 72.8 Å². The highest BCUT2D eigenvalue weighted by atomic mass is 16.6. The minimum atomic E-state index is -0.586. The lowest BCUT2D eigenvalue weighted by molar-refractivity contribution is -0.156. The van der Waals surface area contributed by atoms with Crippen molar-refractivity contribution >= 4 is 11.5 Å². The van der Waals surface area contributed by atoms with E-state index >= 15 is 0 Å². The zero-order valence-corrected chi connectivity index (χ0v) is 19.5. The molecule has 0 aromatic heterocycles. The van der Waals surface area contributed by atoms with Gasteiger partial charge in [-0.15, -0.1) is 0 Å². The smallest absolute Gasteiger partial charge is 0.335 e. The predicted octanol–water partition coefficient (Wildman–Crippen LogP) is 6.00. The molecule has 4 heteroatoms. The number of ether oxygens (including phenoxy) is 3. The number of fused-ring (bicyclic) bond motifs is 3. The van der Waals surface area contributed by atoms with Crippen molar-refractivity contribution in [1.29, 1.82) is 0 Å². The third kappa shape index (κ3) is 5.01. The van der Waals surface area contributed by atoms with Crippen LogP contribution in [0.3, 0.4) is 0 Å². The summed E-state index contributed by atoms with van der Waals surface area (Å²) in [7, 11) is 0. The highest BCUT2D eigenvalue weighted by Crippen LogP contribution is 2.45. The van der Waals surface area contributed by atoms with E-state index in [4.69, 9.17) is 14.2 Å². The normalized spacial score (nSPS) is 14.0. The molecule has 0 saturated heterocycles. The predicted molar refractivity (Wildman–Crippen MR) is 131 cm³/mol. The monoisotopic (exact) mass is 442 g/mol. The molecule has 1 aliphatic rings. The highest BCUT2D eigenvalue weighted by molar-refractivity contribution is 6.02. The summed E-state index contributed by atoms with van der Waals surface area (Å²) in [6, 6.07) is 22.8. The number of carbonyl (C=O) groups is 1. The van der Waals surface area contributed by atoms with Gasteiger partial charge in [0.2, 0.25) is 0 Å². The summed E-state index contributed by atoms with van der Waals surface area (Å²) < 4.78 is 16.7. The van der Waals surface area contributed by atoms with Gasteiger partial charge in [-0.2, -0.15) is 0 Å². The maximum Gasteiger partial charge on any atom is 0.335 e. The van der Waals surface area contributed by atoms with Gasteiger partial charge < -0.3 is 14.2 Å². The molecule has 4 nitrogen and oxygen atoms in total. The molecular formula is C29H30O4. The van der Waals surface area contributed by atoms with Crippen molar-refractivity contribution < 1.29 is 19.0 Å². The average molecular weight is 443 g/mol. The molecule has 0 amide bonds. The summed E-state index contributed by atoms with van der Waals surface area (Å²) in [5, 5.41) is 0. The fourth-order valence-corrected chi connectivity index (χ4v) is 4.35. The van der Waals surface area contributed by atoms with Crippen LogP contribution in [0.2, 0.25) is 0 Å². The van der Waals surface area contributed by atoms with Crippen LogP contribution in [0.25, 0.3) is 16.7 Å². The second-order valence-electron chi connectivity index (χ2n) is 8.02. The van der Waals surface area contributed by atoms with E-state index in [-0.39, 0.29) is 5.97 Å². The molecule has 3 aromatic rings. The topological polar surface area (TPSA) is 44.8 Å². The Morgan fingerprint density at radius 3 is 2.33 bits per heavy atom. The van der Waals surface area contributed by atoms with Gasteiger partial charge in [-0.1, -0.05) is 54.6 Å². The van der Waals surface area contributed by atoms with E-state index in [2.05, 4.69) is 55.5 Å². The Morgan fingerprint density at radius 2 is 1.61 bits per heavy atom. The third-order valence-electron chi connectivity index (χ3n) is 5.85. The van der Waals surface area contributed by atoms with Gasteiger partial charge >= 0.3 is 5.97 Å². The molecule has 0 N–H and O–H groups in total. The maximum atomic E-state index is 12.1. The Morgan fingerprint density at radius 1 is 0.879 bits per heavy atom. The van der Waals surface area contributed by atoms with Crippen LogP contribution >= 0.6 is 0 Å². The van der Waals surface area contributed by atoms with Crippen LogP contribution in [-0.4, -0.2) is 31.9 Å². The fraction of sp³-hybridized carbons (Fsp3) is 0.276. The molecule has 0 aliphatic heterocycles. The van der Waals surface area contributed by atoms with E-state index in [0.717, 1.165) is 11.3 Å². The molecule has 0 fully saturated rings. The first-order valence-corrected chi connectivity index (χ1v) is 11.5. The minimum Gasteiger partial charge on any atom is -0.490 e. The highest BCUT2D eigenvalue weighted by Gasteiger charge is 2.24. The molecule has 0 heterocycles. The van der Waals surface area contributed by atoms with Gasteiger partial charge in [-0.25, -0.2) is 4.79 Å². The maximum absolute atomic E-state index is 12.1. The van der Waals surface area contributed by atoms with Gasteiger partial charge in [0.25, 0.3) is 0 Å². The van der Waals surface area contributed by atoms with Crippen molar-refractivity contribution in [1.82, 2.24) is 0 Å². The second kappa shape index (κ2) is 10.5. The van der Waals surface area contributed by atoms with E-state index in [9.17, 15) is 4.79 Å². The molecule has 4 rings (SSSR count). The van der Waals surface area contributed by atoms with Gasteiger partial charge in [0.15, 0.2) is 6.10 Å². The molecule has 0 saturated carbocycles. The van der Waals surface area contributed by atoms with Gasteiger partial charge in [0, 0.05) is 13.0 Å². The number of hydrogen-bond donors (Lipinski definition) is 0. The number of rotatable bonds is 9. The Bertz CT molecular complexity index is 1140. The SMILES string of the molecule is CCOC(=O)C(Cc1ccc(OCC=C2c3ccccc3-c3c(C)cccc32)cc1)OCC. The van der Waals surface area contributed by atoms with Crippen LogP contribution in [0.4, 0.5) is 0 Å². The Hall–Kier alpha value is -3.37. The third-order valence-corrected chi connectivity index (χ3v) is 5.85. The largest absolute Gasteiger partial charge is 0.490 e. The Kier molecular flexibility index (Phi) is 7.26. The zero-order chi connectivity index (χ0) is 23.2. The first-order chi connectivity index (χ1) is 16.1. The van der Waals surface area contributed by atoms with Crippen molar-refractivity contribution in [2.45, 2.75) is 33.3 Å². The zero-order valence-electron chi connectivity index (χ0n) is 19.5. The lowest BCUT2D eigenvalue weighted by Crippen LogP contribution is -2.28. The van der Waals surface area contributed by atoms with Crippen LogP contribution in [0.1, 0.15) is 36.1 Å². The number of aryl methyl sites for hydroxylation is 1. The molecule has 0 radical (unpaired) electrons. The molecule has 3 aromatic carbocycles. The number of carbonyl (C=O) groups excluding carboxylic acids is 1. The fourth-order valence-electron chi connectivity index (χ4n) is 4.35. The number of esters is 1. The number of hydrogen-bond acceptors (Lipinski definition) is 4. The standard InChI is InChI=1S/C29H30O4/c1-4-31-27(29(30)32-5-2)19-21-13-15-22(16-14-21)33-18-17-24-23-10-6-7-11-25(23)28-20(3)9-8-12-26(24)28/h6-17,27H,4-5,18-19H2,1-3H3. The quantitative estimate of drug-likeness (QED) is 0.298. The molecule has 1 unspecified atom stereocenters. The van der Waals surface area contributed by atoms with Crippen LogP contribution < -0.4 is 4.74 Å². The van der Waals surface area contributed by atoms with Crippen LogP contribution in [-0.2, 0) is 20.7 Å². The van der Waals surface area contributed by atoms with Crippen LogP contribution in [0, 0.1) is 6.92 Å². The van der Waals surface area contributed by atoms with Gasteiger partial charge in [0.1, 0.15) is 12.4 Å². The minimum absolute atomic E-state index is 0.321. The van der Waals surface area contributed by atoms with E-state index in [1.807, 2.05) is 31.2 Å². The lowest BCUT2D eigenvalue weighted by Gasteiger charge is -2.15. The first kappa shape index (κ1) is 22.8. The van der Waals surface area contributed by atoms with Crippen molar-refractivity contribution in [2.24, 2.45) is 0 Å². The summed E-state index contributed by atoms with van der Waals surface area (Å²) in [5.74, 6) is 0.467. The van der Waals surface area contributed by atoms with Crippen molar-refractivity contribution in [3.05, 3.63) is 95.1 Å². The number of benzene rings is 3. The second-order valence-corrected chi connectivity index (χ2v) is 8.02. The van der Waals surface area contributed by atoms with Crippen LogP contribution in [0.5, 0.6) is 5.75 Å². The molecule has 33 heavy (non-hydrogen) atoms. The lowest BCUT2D eigenvalue weighted by atomic mass is 10.0. The van der Waals surface area contributed by atoms with Gasteiger partial charge in [-0.05, 0) is 77.9 Å². The average Bonchev–Trinajstić information content (AvgIpc) is 3.15. The molecular weight excluding hydrogens is 412 g/mol. The van der Waals surface area contributed by atoms with Crippen molar-refractivity contribution in [3.63, 3.8) is 0 Å². The van der Waals surface area contributed by atoms with E-state index in [1.165, 1.54) is 33.4 Å². The van der Waals surface area contributed by atoms with E-state index in [0.29, 0.717) is 26.2 Å². The first-order valence-electron chi connectivity index (χ1n) is 11.5. The van der Waals surface area contributed by atoms with E-state index < -0.39 is 6.10 Å². The summed E-state index contributed by atoms with van der Waals surface area (Å²) in [6.45, 7) is 7.12. The van der Waals surface area contributed by atoms with Gasteiger partial charge in [0.05, 0.1) is 6.61 Å². The molecule has 1 aliphatic carbocycles. The summed E-state index contributed by atoms with van der Waals surface area (Å²) >= 11 is 0. The molecule has 0 bridgehead atoms. The summed E-state index contributed by atoms with van der Waals surface area (Å²) in [5.41, 5.74) is 8.61. The Labute approximate surface area is 195 Å². The van der Waals surface area contributed by atoms with Crippen molar-refractivity contribution in [3.8, 4) is 16.9 Å². The van der Waals surface area contributed by atoms with E-state index in [1.54, 1.807) is 6.92 Å². The Balaban J connectivity index is 1.44. The van der Waals surface area contributed by atoms with Crippen molar-refractivity contribution in [2.75, 3.05) is 19.8 Å². The summed E-state index contributed by atoms with van der Waals surface area (Å²) in [4.78, 5) is 12.1. The molecule has 0 spiro atoms. The molecule has 1 atom stereocenters. The molecule has 170 valence electrons. The summed E-state index contributed by atoms with van der Waals surface area (Å²) in [6.07, 6.45) is 2.05. The van der Waals surface area contributed by atoms with Gasteiger partial charge in [-0.3, -0.25) is 0 Å².